The SMILES string of the molecule is CN1C(C(F)(F)F)N(C)[P-]1(Cl)(Cl)(Cl)Cl. The Morgan fingerprint density at radius 2 is 1.29 bits per heavy atom. The van der Waals surface area contributed by atoms with E-state index in [0.29, 0.717) is 9.34 Å². The van der Waals surface area contributed by atoms with Gasteiger partial charge in [0.1, 0.15) is 0 Å². The number of halogens is 7. The second kappa shape index (κ2) is 2.58. The van der Waals surface area contributed by atoms with Crippen LogP contribution < -0.4 is 0 Å². The van der Waals surface area contributed by atoms with Crippen molar-refractivity contribution in [2.45, 2.75) is 12.3 Å². The monoisotopic (exact) mass is 311 g/mol. The maximum absolute atomic E-state index is 12.4. The molecule has 1 fully saturated rings. The molecule has 1 saturated heterocycles. The topological polar surface area (TPSA) is 6.48 Å². The average molecular weight is 313 g/mol. The predicted molar refractivity (Wildman–Crippen MR) is 55.7 cm³/mol. The molecule has 0 bridgehead atoms. The first kappa shape index (κ1) is 13.4. The Hall–Kier alpha value is 1.30. The van der Waals surface area contributed by atoms with Crippen molar-refractivity contribution >= 4 is 48.6 Å². The van der Waals surface area contributed by atoms with Gasteiger partial charge >= 0.3 is 97.6 Å². The number of nitrogens with zero attached hydrogens (tertiary/aromatic N) is 2. The van der Waals surface area contributed by atoms with Gasteiger partial charge in [-0.2, -0.15) is 0 Å². The van der Waals surface area contributed by atoms with Crippen LogP contribution in [0.1, 0.15) is 0 Å². The molecule has 88 valence electrons. The Morgan fingerprint density at radius 3 is 1.43 bits per heavy atom. The second-order valence-corrected chi connectivity index (χ2v) is 19.4. The molecule has 0 amide bonds. The van der Waals surface area contributed by atoms with Gasteiger partial charge in [0.05, 0.1) is 0 Å². The van der Waals surface area contributed by atoms with E-state index in [1.807, 2.05) is 0 Å². The zero-order valence-electron chi connectivity index (χ0n) is 7.06. The summed E-state index contributed by atoms with van der Waals surface area (Å²) in [5.41, 5.74) is 0. The van der Waals surface area contributed by atoms with Gasteiger partial charge in [0.2, 0.25) is 0 Å². The van der Waals surface area contributed by atoms with E-state index in [0.717, 1.165) is 14.1 Å². The summed E-state index contributed by atoms with van der Waals surface area (Å²) in [6, 6.07) is 0. The fourth-order valence-corrected chi connectivity index (χ4v) is 4.98. The van der Waals surface area contributed by atoms with Gasteiger partial charge in [0, 0.05) is 0 Å². The first-order valence-corrected chi connectivity index (χ1v) is 9.55. The van der Waals surface area contributed by atoms with Crippen molar-refractivity contribution in [2.75, 3.05) is 14.1 Å². The second-order valence-electron chi connectivity index (χ2n) is 3.14. The first-order valence-electron chi connectivity index (χ1n) is 3.34. The van der Waals surface area contributed by atoms with Crippen molar-refractivity contribution in [3.63, 3.8) is 0 Å². The van der Waals surface area contributed by atoms with Crippen LogP contribution in [-0.4, -0.2) is 35.8 Å². The van der Waals surface area contributed by atoms with E-state index in [4.69, 9.17) is 45.0 Å². The molecule has 0 unspecified atom stereocenters. The molecule has 1 rings (SSSR count). The number of hydrogen-bond acceptors (Lipinski definition) is 2. The molecule has 0 aromatic carbocycles. The Bertz CT molecular complexity index is 268. The normalized spacial score (nSPS) is 41.4. The Kier molecular flexibility index (Phi) is 2.46. The van der Waals surface area contributed by atoms with Crippen molar-refractivity contribution < 1.29 is 13.2 Å². The summed E-state index contributed by atoms with van der Waals surface area (Å²) < 4.78 is 33.1. The molecule has 1 aliphatic rings. The number of rotatable bonds is 0. The van der Waals surface area contributed by atoms with E-state index in [2.05, 4.69) is 0 Å². The molecule has 0 N–H and O–H groups in total. The summed E-state index contributed by atoms with van der Waals surface area (Å²) in [5, 5.41) is 0. The van der Waals surface area contributed by atoms with E-state index in [1.165, 1.54) is 0 Å². The molecular weight excluding hydrogens is 306 g/mol. The maximum atomic E-state index is 12.4. The van der Waals surface area contributed by atoms with Crippen LogP contribution in [0.2, 0.25) is 0 Å². The third-order valence-corrected chi connectivity index (χ3v) is 10.9. The van der Waals surface area contributed by atoms with E-state index in [9.17, 15) is 13.2 Å². The summed E-state index contributed by atoms with van der Waals surface area (Å²) in [5.74, 6) is 0. The molecule has 2 nitrogen and oxygen atoms in total. The van der Waals surface area contributed by atoms with E-state index in [1.54, 1.807) is 0 Å². The van der Waals surface area contributed by atoms with Gasteiger partial charge in [-0.1, -0.05) is 0 Å². The molecule has 0 aromatic heterocycles. The van der Waals surface area contributed by atoms with Crippen LogP contribution in [0.15, 0.2) is 0 Å². The van der Waals surface area contributed by atoms with Gasteiger partial charge in [0.25, 0.3) is 0 Å². The van der Waals surface area contributed by atoms with Gasteiger partial charge in [-0.25, -0.2) is 0 Å². The minimum absolute atomic E-state index is 0.552. The van der Waals surface area contributed by atoms with Crippen LogP contribution in [0.25, 0.3) is 0 Å². The van der Waals surface area contributed by atoms with Gasteiger partial charge in [-0.15, -0.1) is 0 Å². The van der Waals surface area contributed by atoms with Crippen LogP contribution in [-0.2, 0) is 0 Å². The summed E-state index contributed by atoms with van der Waals surface area (Å²) in [6.45, 7) is 0. The van der Waals surface area contributed by atoms with Crippen molar-refractivity contribution in [3.8, 4) is 0 Å². The van der Waals surface area contributed by atoms with E-state index in [-0.39, 0.29) is 0 Å². The summed E-state index contributed by atoms with van der Waals surface area (Å²) in [4.78, 5) is 0. The van der Waals surface area contributed by atoms with Crippen LogP contribution in [0.5, 0.6) is 0 Å². The summed E-state index contributed by atoms with van der Waals surface area (Å²) in [7, 11) is 2.07. The number of hydrogen-bond donors (Lipinski definition) is 0. The van der Waals surface area contributed by atoms with E-state index < -0.39 is 16.0 Å². The van der Waals surface area contributed by atoms with Crippen molar-refractivity contribution in [2.24, 2.45) is 0 Å². The van der Waals surface area contributed by atoms with Crippen LogP contribution >= 0.6 is 48.6 Å². The van der Waals surface area contributed by atoms with Crippen LogP contribution in [0.3, 0.4) is 0 Å². The zero-order chi connectivity index (χ0) is 11.6. The van der Waals surface area contributed by atoms with Crippen LogP contribution in [0, 0.1) is 0 Å². The van der Waals surface area contributed by atoms with Crippen LogP contribution in [0.4, 0.5) is 13.2 Å². The quantitative estimate of drug-likeness (QED) is 0.616. The molecule has 0 aliphatic carbocycles. The molecule has 14 heavy (non-hydrogen) atoms. The van der Waals surface area contributed by atoms with Crippen molar-refractivity contribution in [1.29, 1.82) is 0 Å². The fraction of sp³-hybridized carbons (Fsp3) is 1.00. The Morgan fingerprint density at radius 1 is 1.00 bits per heavy atom. The molecular formula is C4H7Cl4F3N2P-. The third kappa shape index (κ3) is 1.61. The molecule has 0 aromatic rings. The molecule has 0 atom stereocenters. The molecule has 1 heterocycles. The Labute approximate surface area is 97.6 Å². The molecule has 0 saturated carbocycles. The Balaban J connectivity index is 3.11. The average Bonchev–Trinajstić information content (AvgIpc) is 1.81. The third-order valence-electron chi connectivity index (χ3n) is 2.24. The predicted octanol–water partition coefficient (Wildman–Crippen LogP) is 4.29. The summed E-state index contributed by atoms with van der Waals surface area (Å²) in [6.07, 6.45) is -6.46. The van der Waals surface area contributed by atoms with Crippen molar-refractivity contribution in [3.05, 3.63) is 0 Å². The fourth-order valence-electron chi connectivity index (χ4n) is 1.27. The number of alkyl halides is 3. The van der Waals surface area contributed by atoms with Gasteiger partial charge < -0.3 is 0 Å². The minimum atomic E-state index is -5.12. The molecule has 10 heteroatoms. The van der Waals surface area contributed by atoms with Gasteiger partial charge in [0.15, 0.2) is 0 Å². The van der Waals surface area contributed by atoms with Gasteiger partial charge in [-0.05, 0) is 0 Å². The molecule has 0 radical (unpaired) electrons. The van der Waals surface area contributed by atoms with Crippen molar-refractivity contribution in [1.82, 2.24) is 9.34 Å². The molecule has 1 aliphatic heterocycles. The van der Waals surface area contributed by atoms with Gasteiger partial charge in [-0.3, -0.25) is 0 Å². The van der Waals surface area contributed by atoms with E-state index >= 15 is 0 Å². The standard InChI is InChI=1S/C4H7Cl4F3N2P/c1-12-3(4(9,10)11)13(2)14(12,5,6,7)8/h3H,1-2H3/q-1. The summed E-state index contributed by atoms with van der Waals surface area (Å²) >= 11 is 22.8. The molecule has 0 spiro atoms. The zero-order valence-corrected chi connectivity index (χ0v) is 11.0. The first-order chi connectivity index (χ1) is 5.71.